The molecule has 1 unspecified atom stereocenters. The minimum Gasteiger partial charge on any atom is -0.391 e. The van der Waals surface area contributed by atoms with E-state index in [9.17, 15) is 14.7 Å². The molecule has 1 atom stereocenters. The number of fused-ring (bicyclic) bond motifs is 1. The van der Waals surface area contributed by atoms with Gasteiger partial charge in [-0.05, 0) is 18.4 Å². The van der Waals surface area contributed by atoms with E-state index in [-0.39, 0.29) is 6.54 Å². The van der Waals surface area contributed by atoms with E-state index < -0.39 is 18.0 Å². The predicted molar refractivity (Wildman–Crippen MR) is 79.5 cm³/mol. The summed E-state index contributed by atoms with van der Waals surface area (Å²) in [6.07, 6.45) is 0.579. The van der Waals surface area contributed by atoms with Crippen molar-refractivity contribution in [1.29, 1.82) is 0 Å². The van der Waals surface area contributed by atoms with Crippen molar-refractivity contribution in [3.63, 3.8) is 0 Å². The number of aliphatic hydroxyl groups is 1. The standard InChI is InChI=1S/C13H19N3O4S/c1-2-7(17)5-15-13(19)16-12-10(11(14)18)8-3-4-20-6-9(8)21-12/h7,17H,2-6H2,1H3,(H2,14,18)(H2,15,16,19). The Labute approximate surface area is 126 Å². The molecule has 0 aromatic carbocycles. The molecule has 8 heteroatoms. The van der Waals surface area contributed by atoms with E-state index in [0.717, 1.165) is 10.4 Å². The first-order chi connectivity index (χ1) is 10.0. The van der Waals surface area contributed by atoms with Crippen LogP contribution in [0.15, 0.2) is 0 Å². The fourth-order valence-corrected chi connectivity index (χ4v) is 3.27. The Hall–Kier alpha value is -1.64. The van der Waals surface area contributed by atoms with Crippen LogP contribution in [0.3, 0.4) is 0 Å². The van der Waals surface area contributed by atoms with E-state index in [2.05, 4.69) is 10.6 Å². The Bertz CT molecular complexity index is 544. The number of thiophene rings is 1. The summed E-state index contributed by atoms with van der Waals surface area (Å²) in [4.78, 5) is 24.4. The van der Waals surface area contributed by atoms with Crippen LogP contribution >= 0.6 is 11.3 Å². The van der Waals surface area contributed by atoms with Crippen LogP contribution in [0.4, 0.5) is 9.80 Å². The largest absolute Gasteiger partial charge is 0.391 e. The summed E-state index contributed by atoms with van der Waals surface area (Å²) in [5.74, 6) is -0.557. The number of urea groups is 1. The highest BCUT2D eigenvalue weighted by Crippen LogP contribution is 2.36. The molecular weight excluding hydrogens is 294 g/mol. The molecule has 1 aliphatic heterocycles. The quantitative estimate of drug-likeness (QED) is 0.644. The number of amides is 3. The summed E-state index contributed by atoms with van der Waals surface area (Å²) in [5.41, 5.74) is 6.65. The molecule has 1 aromatic heterocycles. The Morgan fingerprint density at radius 1 is 1.52 bits per heavy atom. The molecular formula is C13H19N3O4S. The zero-order chi connectivity index (χ0) is 15.4. The third-order valence-corrected chi connectivity index (χ3v) is 4.38. The number of anilines is 1. The fourth-order valence-electron chi connectivity index (χ4n) is 2.08. The van der Waals surface area contributed by atoms with Gasteiger partial charge in [-0.25, -0.2) is 4.79 Å². The van der Waals surface area contributed by atoms with Crippen molar-refractivity contribution in [2.75, 3.05) is 18.5 Å². The summed E-state index contributed by atoms with van der Waals surface area (Å²) in [6, 6.07) is -0.468. The average molecular weight is 313 g/mol. The normalized spacial score (nSPS) is 15.1. The second-order valence-corrected chi connectivity index (χ2v) is 5.88. The lowest BCUT2D eigenvalue weighted by Gasteiger charge is -2.12. The van der Waals surface area contributed by atoms with Crippen LogP contribution < -0.4 is 16.4 Å². The van der Waals surface area contributed by atoms with E-state index in [0.29, 0.717) is 36.6 Å². The van der Waals surface area contributed by atoms with Crippen LogP contribution in [0.5, 0.6) is 0 Å². The molecule has 0 saturated carbocycles. The summed E-state index contributed by atoms with van der Waals surface area (Å²) < 4.78 is 5.34. The molecule has 0 aliphatic carbocycles. The maximum Gasteiger partial charge on any atom is 0.319 e. The molecule has 21 heavy (non-hydrogen) atoms. The van der Waals surface area contributed by atoms with Crippen molar-refractivity contribution in [3.05, 3.63) is 16.0 Å². The van der Waals surface area contributed by atoms with Crippen LogP contribution in [0, 0.1) is 0 Å². The number of hydrogen-bond donors (Lipinski definition) is 4. The van der Waals surface area contributed by atoms with Gasteiger partial charge in [0.2, 0.25) is 0 Å². The third kappa shape index (κ3) is 3.72. The summed E-state index contributed by atoms with van der Waals surface area (Å²) >= 11 is 1.30. The van der Waals surface area contributed by atoms with Crippen LogP contribution in [0.25, 0.3) is 0 Å². The van der Waals surface area contributed by atoms with Gasteiger partial charge in [-0.1, -0.05) is 6.92 Å². The number of nitrogens with one attached hydrogen (secondary N) is 2. The molecule has 0 fully saturated rings. The molecule has 0 saturated heterocycles. The molecule has 2 rings (SSSR count). The van der Waals surface area contributed by atoms with Gasteiger partial charge >= 0.3 is 6.03 Å². The van der Waals surface area contributed by atoms with E-state index in [1.165, 1.54) is 11.3 Å². The van der Waals surface area contributed by atoms with E-state index in [4.69, 9.17) is 10.5 Å². The third-order valence-electron chi connectivity index (χ3n) is 3.26. The van der Waals surface area contributed by atoms with Gasteiger partial charge in [0.05, 0.1) is 24.9 Å². The van der Waals surface area contributed by atoms with Gasteiger partial charge in [0.1, 0.15) is 5.00 Å². The first kappa shape index (κ1) is 15.7. The number of carbonyl (C=O) groups is 2. The van der Waals surface area contributed by atoms with E-state index >= 15 is 0 Å². The molecule has 5 N–H and O–H groups in total. The number of hydrogen-bond acceptors (Lipinski definition) is 5. The molecule has 0 radical (unpaired) electrons. The van der Waals surface area contributed by atoms with Crippen molar-refractivity contribution in [1.82, 2.24) is 5.32 Å². The van der Waals surface area contributed by atoms with Crippen LogP contribution in [0.2, 0.25) is 0 Å². The number of nitrogens with two attached hydrogens (primary N) is 1. The van der Waals surface area contributed by atoms with Gasteiger partial charge in [0, 0.05) is 11.4 Å². The van der Waals surface area contributed by atoms with E-state index in [1.807, 2.05) is 6.92 Å². The number of aliphatic hydroxyl groups excluding tert-OH is 1. The molecule has 2 heterocycles. The lowest BCUT2D eigenvalue weighted by Crippen LogP contribution is -2.35. The zero-order valence-corrected chi connectivity index (χ0v) is 12.6. The van der Waals surface area contributed by atoms with Crippen molar-refractivity contribution < 1.29 is 19.4 Å². The second-order valence-electron chi connectivity index (χ2n) is 4.77. The molecule has 0 spiro atoms. The molecule has 116 valence electrons. The minimum atomic E-state index is -0.587. The fraction of sp³-hybridized carbons (Fsp3) is 0.538. The SMILES string of the molecule is CCC(O)CNC(=O)Nc1sc2c(c1C(N)=O)CCOC2. The van der Waals surface area contributed by atoms with Crippen molar-refractivity contribution in [3.8, 4) is 0 Å². The lowest BCUT2D eigenvalue weighted by atomic mass is 10.1. The lowest BCUT2D eigenvalue weighted by molar-refractivity contribution is 0.0991. The first-order valence-electron chi connectivity index (χ1n) is 6.77. The highest BCUT2D eigenvalue weighted by molar-refractivity contribution is 7.17. The van der Waals surface area contributed by atoms with Gasteiger partial charge in [0.25, 0.3) is 5.91 Å². The van der Waals surface area contributed by atoms with Gasteiger partial charge in [-0.15, -0.1) is 11.3 Å². The van der Waals surface area contributed by atoms with Gasteiger partial charge in [-0.2, -0.15) is 0 Å². The van der Waals surface area contributed by atoms with E-state index in [1.54, 1.807) is 0 Å². The summed E-state index contributed by atoms with van der Waals surface area (Å²) in [7, 11) is 0. The van der Waals surface area contributed by atoms with Gasteiger partial charge < -0.3 is 20.9 Å². The topological polar surface area (TPSA) is 114 Å². The van der Waals surface area contributed by atoms with Crippen molar-refractivity contribution in [2.24, 2.45) is 5.73 Å². The Kier molecular flexibility index (Phi) is 5.16. The number of ether oxygens (including phenoxy) is 1. The Morgan fingerprint density at radius 2 is 2.29 bits per heavy atom. The van der Waals surface area contributed by atoms with Crippen molar-refractivity contribution in [2.45, 2.75) is 32.5 Å². The van der Waals surface area contributed by atoms with Gasteiger partial charge in [-0.3, -0.25) is 10.1 Å². The average Bonchev–Trinajstić information content (AvgIpc) is 2.82. The monoisotopic (exact) mass is 313 g/mol. The zero-order valence-electron chi connectivity index (χ0n) is 11.8. The number of primary amides is 1. The summed E-state index contributed by atoms with van der Waals surface area (Å²) in [5, 5.41) is 15.0. The van der Waals surface area contributed by atoms with Crippen molar-refractivity contribution >= 4 is 28.3 Å². The van der Waals surface area contributed by atoms with Crippen LogP contribution in [-0.4, -0.2) is 36.3 Å². The number of rotatable bonds is 5. The highest BCUT2D eigenvalue weighted by Gasteiger charge is 2.25. The smallest absolute Gasteiger partial charge is 0.319 e. The molecule has 3 amide bonds. The van der Waals surface area contributed by atoms with Crippen LogP contribution in [0.1, 0.15) is 34.1 Å². The summed E-state index contributed by atoms with van der Waals surface area (Å²) in [6.45, 7) is 2.95. The first-order valence-corrected chi connectivity index (χ1v) is 7.59. The van der Waals surface area contributed by atoms with Gasteiger partial charge in [0.15, 0.2) is 0 Å². The number of carbonyl (C=O) groups excluding carboxylic acids is 2. The maximum absolute atomic E-state index is 11.8. The molecule has 1 aromatic rings. The molecule has 7 nitrogen and oxygen atoms in total. The second kappa shape index (κ2) is 6.88. The van der Waals surface area contributed by atoms with Crippen LogP contribution in [-0.2, 0) is 17.8 Å². The molecule has 1 aliphatic rings. The molecule has 0 bridgehead atoms. The predicted octanol–water partition coefficient (Wildman–Crippen LogP) is 0.812. The highest BCUT2D eigenvalue weighted by atomic mass is 32.1. The Balaban J connectivity index is 2.10. The minimum absolute atomic E-state index is 0.155. The Morgan fingerprint density at radius 3 is 2.95 bits per heavy atom. The maximum atomic E-state index is 11.8.